The number of amides is 3. The molecule has 3 amide bonds. The van der Waals surface area contributed by atoms with Crippen LogP contribution in [-0.2, 0) is 18.8 Å². The molecule has 10 heteroatoms. The number of rotatable bonds is 11. The largest absolute Gasteiger partial charge is 0.507 e. The number of imide groups is 3. The molecule has 3 aromatic carbocycles. The van der Waals surface area contributed by atoms with Crippen LogP contribution in [-0.4, -0.2) is 72.9 Å². The maximum atomic E-state index is 13.6. The summed E-state index contributed by atoms with van der Waals surface area (Å²) in [6, 6.07) is 27.2. The number of aliphatic hydroxyl groups is 2. The molecule has 1 fully saturated rings. The lowest BCUT2D eigenvalue weighted by Gasteiger charge is -2.44. The van der Waals surface area contributed by atoms with Crippen LogP contribution in [0.25, 0.3) is 6.08 Å². The Labute approximate surface area is 295 Å². The molecule has 9 nitrogen and oxygen atoms in total. The van der Waals surface area contributed by atoms with Crippen LogP contribution in [0.5, 0.6) is 5.75 Å². The van der Waals surface area contributed by atoms with Crippen molar-refractivity contribution >= 4 is 42.7 Å². The third kappa shape index (κ3) is 6.98. The van der Waals surface area contributed by atoms with Crippen molar-refractivity contribution in [3.63, 3.8) is 0 Å². The number of likely N-dealkylation sites (tertiary alicyclic amines) is 1. The zero-order chi connectivity index (χ0) is 36.2. The van der Waals surface area contributed by atoms with Gasteiger partial charge in [-0.05, 0) is 58.8 Å². The number of fused-ring (bicyclic) bond motifs is 1. The number of hydrogen-bond donors (Lipinski definition) is 3. The number of carbonyl (C=O) groups excluding carboxylic acids is 3. The number of aromatic hydroxyl groups is 1. The molecule has 1 saturated heterocycles. The molecular formula is C40H47NO8Si. The van der Waals surface area contributed by atoms with Gasteiger partial charge in [-0.3, -0.25) is 9.59 Å². The fraction of sp³-hybridized carbons (Fsp3) is 0.375. The van der Waals surface area contributed by atoms with E-state index in [1.54, 1.807) is 18.2 Å². The zero-order valence-corrected chi connectivity index (χ0v) is 30.3. The van der Waals surface area contributed by atoms with Crippen molar-refractivity contribution < 1.29 is 38.9 Å². The van der Waals surface area contributed by atoms with E-state index in [9.17, 15) is 29.7 Å². The van der Waals surface area contributed by atoms with E-state index in [4.69, 9.17) is 9.16 Å². The Morgan fingerprint density at radius 3 is 2.08 bits per heavy atom. The first-order valence-electron chi connectivity index (χ1n) is 17.0. The average Bonchev–Trinajstić information content (AvgIpc) is 3.36. The molecule has 3 aromatic rings. The summed E-state index contributed by atoms with van der Waals surface area (Å²) in [6.45, 7) is 7.91. The second kappa shape index (κ2) is 15.3. The van der Waals surface area contributed by atoms with E-state index >= 15 is 0 Å². The smallest absolute Gasteiger partial charge is 0.423 e. The second-order valence-corrected chi connectivity index (χ2v) is 18.5. The van der Waals surface area contributed by atoms with Gasteiger partial charge in [0.05, 0.1) is 38.3 Å². The van der Waals surface area contributed by atoms with Gasteiger partial charge < -0.3 is 24.5 Å². The number of aliphatic hydroxyl groups excluding tert-OH is 2. The van der Waals surface area contributed by atoms with Crippen LogP contribution in [0.3, 0.4) is 0 Å². The van der Waals surface area contributed by atoms with Gasteiger partial charge in [0, 0.05) is 11.5 Å². The number of para-hydroxylation sites is 1. The van der Waals surface area contributed by atoms with Gasteiger partial charge >= 0.3 is 6.09 Å². The van der Waals surface area contributed by atoms with Crippen LogP contribution in [0.1, 0.15) is 52.5 Å². The van der Waals surface area contributed by atoms with Crippen LogP contribution < -0.4 is 10.4 Å². The number of ether oxygens (including phenoxy) is 1. The quantitative estimate of drug-likeness (QED) is 0.142. The van der Waals surface area contributed by atoms with Gasteiger partial charge in [-0.1, -0.05) is 111 Å². The van der Waals surface area contributed by atoms with E-state index in [1.165, 1.54) is 0 Å². The van der Waals surface area contributed by atoms with Crippen molar-refractivity contribution in [2.45, 2.75) is 58.1 Å². The van der Waals surface area contributed by atoms with Gasteiger partial charge in [-0.2, -0.15) is 4.90 Å². The highest BCUT2D eigenvalue weighted by atomic mass is 28.4. The number of methoxy groups -OCH3 is 1. The third-order valence-electron chi connectivity index (χ3n) is 10.1. The Morgan fingerprint density at radius 1 is 0.960 bits per heavy atom. The first kappa shape index (κ1) is 36.9. The summed E-state index contributed by atoms with van der Waals surface area (Å²) >= 11 is 0. The summed E-state index contributed by atoms with van der Waals surface area (Å²) in [7, 11) is -1.96. The molecule has 2 aliphatic rings. The van der Waals surface area contributed by atoms with Gasteiger partial charge in [-0.25, -0.2) is 4.79 Å². The maximum Gasteiger partial charge on any atom is 0.423 e. The minimum absolute atomic E-state index is 0.0474. The third-order valence-corrected chi connectivity index (χ3v) is 15.1. The zero-order valence-electron chi connectivity index (χ0n) is 29.3. The molecule has 3 N–H and O–H groups in total. The van der Waals surface area contributed by atoms with Crippen molar-refractivity contribution in [1.29, 1.82) is 0 Å². The van der Waals surface area contributed by atoms with E-state index in [2.05, 4.69) is 45.0 Å². The van der Waals surface area contributed by atoms with Gasteiger partial charge in [-0.15, -0.1) is 0 Å². The summed E-state index contributed by atoms with van der Waals surface area (Å²) in [5.74, 6) is -4.14. The highest BCUT2D eigenvalue weighted by Crippen LogP contribution is 2.47. The predicted octanol–water partition coefficient (Wildman–Crippen LogP) is 5.19. The number of phenolic OH excluding ortho intramolecular Hbond substituents is 1. The summed E-state index contributed by atoms with van der Waals surface area (Å²) in [6.07, 6.45) is 0.491. The number of nitrogens with zero attached hydrogens (tertiary/aromatic N) is 1. The predicted molar refractivity (Wildman–Crippen MR) is 194 cm³/mol. The average molecular weight is 698 g/mol. The highest BCUT2D eigenvalue weighted by Gasteiger charge is 2.58. The second-order valence-electron chi connectivity index (χ2n) is 14.2. The van der Waals surface area contributed by atoms with Gasteiger partial charge in [0.15, 0.2) is 0 Å². The molecule has 5 rings (SSSR count). The van der Waals surface area contributed by atoms with Gasteiger partial charge in [0.25, 0.3) is 8.32 Å². The van der Waals surface area contributed by atoms with Crippen LogP contribution in [0, 0.1) is 17.8 Å². The SMILES string of the molecule is COC(=O)N1C(=O)[C@@H]2[C@@H](CC(CO[Si](c3ccccc3)(c3ccccc3)C(C)(C)C)=C([C@H](O)CC/C(C)=C/c3ccccc3O)[C@@H]2CO)C1=O. The number of hydrogen-bond acceptors (Lipinski definition) is 8. The summed E-state index contributed by atoms with van der Waals surface area (Å²) in [5, 5.41) is 34.8. The molecule has 1 heterocycles. The van der Waals surface area contributed by atoms with E-state index in [0.29, 0.717) is 28.0 Å². The molecule has 4 atom stereocenters. The van der Waals surface area contributed by atoms with Crippen molar-refractivity contribution in [1.82, 2.24) is 4.90 Å². The molecule has 0 radical (unpaired) electrons. The number of benzene rings is 3. The molecule has 50 heavy (non-hydrogen) atoms. The van der Waals surface area contributed by atoms with Crippen LogP contribution in [0.2, 0.25) is 5.04 Å². The molecule has 0 unspecified atom stereocenters. The van der Waals surface area contributed by atoms with E-state index in [-0.39, 0.29) is 30.2 Å². The summed E-state index contributed by atoms with van der Waals surface area (Å²) < 4.78 is 12.0. The van der Waals surface area contributed by atoms with Crippen molar-refractivity contribution in [3.8, 4) is 5.75 Å². The van der Waals surface area contributed by atoms with Crippen molar-refractivity contribution in [3.05, 3.63) is 107 Å². The lowest BCUT2D eigenvalue weighted by molar-refractivity contribution is -0.137. The van der Waals surface area contributed by atoms with E-state index in [1.807, 2.05) is 55.5 Å². The molecule has 1 aliphatic carbocycles. The van der Waals surface area contributed by atoms with Crippen LogP contribution >= 0.6 is 0 Å². The lowest BCUT2D eigenvalue weighted by Crippen LogP contribution is -2.66. The molecular weight excluding hydrogens is 651 g/mol. The van der Waals surface area contributed by atoms with E-state index in [0.717, 1.165) is 23.1 Å². The molecule has 0 spiro atoms. The van der Waals surface area contributed by atoms with Gasteiger partial charge in [0.2, 0.25) is 11.8 Å². The van der Waals surface area contributed by atoms with Crippen molar-refractivity contribution in [2.75, 3.05) is 20.3 Å². The Bertz CT molecular complexity index is 1730. The fourth-order valence-electron chi connectivity index (χ4n) is 7.79. The fourth-order valence-corrected chi connectivity index (χ4v) is 12.3. The van der Waals surface area contributed by atoms with Crippen LogP contribution in [0.4, 0.5) is 4.79 Å². The molecule has 0 saturated carbocycles. The highest BCUT2D eigenvalue weighted by molar-refractivity contribution is 6.99. The topological polar surface area (TPSA) is 134 Å². The Hall–Kier alpha value is -4.35. The van der Waals surface area contributed by atoms with Crippen molar-refractivity contribution in [2.24, 2.45) is 17.8 Å². The monoisotopic (exact) mass is 697 g/mol. The number of allylic oxidation sites excluding steroid dienone is 1. The summed E-state index contributed by atoms with van der Waals surface area (Å²) in [5.41, 5.74) is 2.68. The Morgan fingerprint density at radius 2 is 1.54 bits per heavy atom. The minimum atomic E-state index is -3.06. The first-order chi connectivity index (χ1) is 23.8. The number of carbonyl (C=O) groups is 3. The lowest BCUT2D eigenvalue weighted by atomic mass is 9.68. The molecule has 0 bridgehead atoms. The Kier molecular flexibility index (Phi) is 11.3. The standard InChI is InChI=1S/C40H47NO8Si/c1-26(22-27-14-12-13-19-33(27)43)20-21-34(44)35-28(23-31-36(32(35)24-42)38(46)41(37(31)45)39(47)48-5)25-49-50(40(2,3)4,29-15-8-6-9-16-29)30-17-10-7-11-18-30/h6-19,22,31-32,34,36,42-44H,20-21,23-25H2,1-5H3/b26-22+/t31-,32+,34-,36-/m1/s1. The normalized spacial score (nSPS) is 20.6. The summed E-state index contributed by atoms with van der Waals surface area (Å²) in [4.78, 5) is 40.4. The number of phenols is 1. The van der Waals surface area contributed by atoms with Crippen LogP contribution in [0.15, 0.2) is 102 Å². The minimum Gasteiger partial charge on any atom is -0.507 e. The molecule has 0 aromatic heterocycles. The Balaban J connectivity index is 1.58. The maximum absolute atomic E-state index is 13.6. The molecule has 264 valence electrons. The van der Waals surface area contributed by atoms with Gasteiger partial charge in [0.1, 0.15) is 5.75 Å². The molecule has 1 aliphatic heterocycles. The van der Waals surface area contributed by atoms with E-state index < -0.39 is 56.7 Å². The first-order valence-corrected chi connectivity index (χ1v) is 18.9.